The highest BCUT2D eigenvalue weighted by Gasteiger charge is 2.23. The number of piperazine rings is 1. The van der Waals surface area contributed by atoms with E-state index in [2.05, 4.69) is 45.5 Å². The molecule has 29 heavy (non-hydrogen) atoms. The number of nitrogens with one attached hydrogen (secondary N) is 2. The largest absolute Gasteiger partial charge is 0.343 e. The second-order valence-electron chi connectivity index (χ2n) is 7.37. The van der Waals surface area contributed by atoms with Crippen LogP contribution in [0.25, 0.3) is 11.0 Å². The van der Waals surface area contributed by atoms with Crippen molar-refractivity contribution in [3.05, 3.63) is 18.2 Å². The Kier molecular flexibility index (Phi) is 6.25. The van der Waals surface area contributed by atoms with Gasteiger partial charge in [0.1, 0.15) is 15.9 Å². The van der Waals surface area contributed by atoms with E-state index in [0.29, 0.717) is 24.4 Å². The number of hydrogen-bond donors (Lipinski definition) is 2. The number of sulfonamides is 1. The number of guanidine groups is 1. The highest BCUT2D eigenvalue weighted by Crippen LogP contribution is 2.20. The molecular weight excluding hydrogens is 412 g/mol. The van der Waals surface area contributed by atoms with Crippen LogP contribution in [-0.4, -0.2) is 97.5 Å². The minimum absolute atomic E-state index is 0.114. The molecule has 2 N–H and O–H groups in total. The van der Waals surface area contributed by atoms with E-state index in [1.54, 1.807) is 12.1 Å². The Labute approximate surface area is 175 Å². The predicted octanol–water partition coefficient (Wildman–Crippen LogP) is -0.217. The van der Waals surface area contributed by atoms with Gasteiger partial charge in [-0.05, 0) is 32.1 Å². The number of hydrogen-bond acceptors (Lipinski definition) is 10. The molecule has 0 spiro atoms. The standard InChI is InChI=1S/C17H26N8O2S2/c1-23-8-10-24(11-9-23)6-3-7-25-12-18-17(19-13-25)22-29(26,27)15-5-2-4-14-16(15)21-28-20-14/h2,4-5H,3,6-13H2,1H3,(H2,18,19,22). The molecule has 1 aromatic carbocycles. The number of rotatable bonds is 6. The van der Waals surface area contributed by atoms with Crippen molar-refractivity contribution in [3.63, 3.8) is 0 Å². The minimum Gasteiger partial charge on any atom is -0.343 e. The molecule has 1 fully saturated rings. The van der Waals surface area contributed by atoms with Crippen LogP contribution in [0.5, 0.6) is 0 Å². The third-order valence-corrected chi connectivity index (χ3v) is 7.13. The number of benzene rings is 1. The lowest BCUT2D eigenvalue weighted by Gasteiger charge is -2.33. The fourth-order valence-electron chi connectivity index (χ4n) is 3.45. The molecule has 10 nitrogen and oxygen atoms in total. The molecule has 0 aliphatic carbocycles. The van der Waals surface area contributed by atoms with Crippen LogP contribution < -0.4 is 10.0 Å². The van der Waals surface area contributed by atoms with Gasteiger partial charge in [0.2, 0.25) is 5.96 Å². The summed E-state index contributed by atoms with van der Waals surface area (Å²) in [5.41, 5.74) is 0.954. The lowest BCUT2D eigenvalue weighted by atomic mass is 10.3. The van der Waals surface area contributed by atoms with E-state index in [4.69, 9.17) is 0 Å². The quantitative estimate of drug-likeness (QED) is 0.638. The first-order valence-corrected chi connectivity index (χ1v) is 11.9. The number of aliphatic imine (C=N–C) groups is 1. The van der Waals surface area contributed by atoms with Gasteiger partial charge in [-0.3, -0.25) is 4.90 Å². The van der Waals surface area contributed by atoms with Gasteiger partial charge in [0.05, 0.1) is 25.1 Å². The van der Waals surface area contributed by atoms with E-state index in [9.17, 15) is 8.42 Å². The average molecular weight is 439 g/mol. The molecule has 1 saturated heterocycles. The Bertz CT molecular complexity index is 969. The second-order valence-corrected chi connectivity index (χ2v) is 9.55. The highest BCUT2D eigenvalue weighted by molar-refractivity contribution is 7.90. The molecular formula is C17H26N8O2S2. The Morgan fingerprint density at radius 1 is 1.14 bits per heavy atom. The van der Waals surface area contributed by atoms with Crippen molar-refractivity contribution in [2.24, 2.45) is 4.99 Å². The lowest BCUT2D eigenvalue weighted by Crippen LogP contribution is -2.50. The summed E-state index contributed by atoms with van der Waals surface area (Å²) in [7, 11) is -1.62. The minimum atomic E-state index is -3.78. The summed E-state index contributed by atoms with van der Waals surface area (Å²) in [4.78, 5) is 11.5. The average Bonchev–Trinajstić information content (AvgIpc) is 3.19. The zero-order valence-corrected chi connectivity index (χ0v) is 18.0. The summed E-state index contributed by atoms with van der Waals surface area (Å²) >= 11 is 0.997. The van der Waals surface area contributed by atoms with Gasteiger partial charge in [-0.15, -0.1) is 0 Å². The SMILES string of the molecule is CN1CCN(CCCN2CN=C(NS(=O)(=O)c3cccc4nsnc34)NC2)CC1. The van der Waals surface area contributed by atoms with Gasteiger partial charge in [-0.2, -0.15) is 8.75 Å². The van der Waals surface area contributed by atoms with Gasteiger partial charge in [0, 0.05) is 32.7 Å². The van der Waals surface area contributed by atoms with E-state index in [-0.39, 0.29) is 10.9 Å². The monoisotopic (exact) mass is 438 g/mol. The molecule has 0 amide bonds. The maximum absolute atomic E-state index is 12.7. The Hall–Kier alpha value is -1.86. The summed E-state index contributed by atoms with van der Waals surface area (Å²) in [6.07, 6.45) is 1.07. The Balaban J connectivity index is 1.28. The molecule has 0 radical (unpaired) electrons. The zero-order valence-electron chi connectivity index (χ0n) is 16.4. The Morgan fingerprint density at radius 2 is 1.93 bits per heavy atom. The predicted molar refractivity (Wildman–Crippen MR) is 113 cm³/mol. The summed E-state index contributed by atoms with van der Waals surface area (Å²) in [6, 6.07) is 4.94. The van der Waals surface area contributed by atoms with Crippen LogP contribution in [0.4, 0.5) is 0 Å². The first kappa shape index (κ1) is 20.4. The molecule has 0 saturated carbocycles. The highest BCUT2D eigenvalue weighted by atomic mass is 32.2. The molecule has 158 valence electrons. The molecule has 2 aromatic rings. The first-order chi connectivity index (χ1) is 14.0. The van der Waals surface area contributed by atoms with Crippen LogP contribution in [0.1, 0.15) is 6.42 Å². The smallest absolute Gasteiger partial charge is 0.266 e. The summed E-state index contributed by atoms with van der Waals surface area (Å²) in [5, 5.41) is 3.06. The molecule has 4 rings (SSSR count). The van der Waals surface area contributed by atoms with Crippen LogP contribution in [0.2, 0.25) is 0 Å². The number of nitrogens with zero attached hydrogens (tertiary/aromatic N) is 6. The third-order valence-electron chi connectivity index (χ3n) is 5.21. The molecule has 2 aliphatic rings. The summed E-state index contributed by atoms with van der Waals surface area (Å²) in [6.45, 7) is 7.54. The maximum Gasteiger partial charge on any atom is 0.266 e. The molecule has 1 aromatic heterocycles. The third kappa shape index (κ3) is 5.01. The molecule has 2 aliphatic heterocycles. The van der Waals surface area contributed by atoms with Crippen molar-refractivity contribution in [2.45, 2.75) is 11.3 Å². The summed E-state index contributed by atoms with van der Waals surface area (Å²) in [5.74, 6) is 0.264. The zero-order chi connectivity index (χ0) is 20.3. The van der Waals surface area contributed by atoms with Crippen LogP contribution in [0.3, 0.4) is 0 Å². The number of fused-ring (bicyclic) bond motifs is 1. The van der Waals surface area contributed by atoms with Crippen LogP contribution in [-0.2, 0) is 10.0 Å². The fourth-order valence-corrected chi connectivity index (χ4v) is 5.22. The van der Waals surface area contributed by atoms with E-state index >= 15 is 0 Å². The van der Waals surface area contributed by atoms with Crippen molar-refractivity contribution >= 4 is 38.7 Å². The van der Waals surface area contributed by atoms with E-state index in [1.165, 1.54) is 6.07 Å². The van der Waals surface area contributed by atoms with E-state index in [1.807, 2.05) is 0 Å². The van der Waals surface area contributed by atoms with Crippen molar-refractivity contribution in [1.29, 1.82) is 0 Å². The van der Waals surface area contributed by atoms with Crippen molar-refractivity contribution in [3.8, 4) is 0 Å². The van der Waals surface area contributed by atoms with E-state index < -0.39 is 10.0 Å². The topological polar surface area (TPSA) is 106 Å². The van der Waals surface area contributed by atoms with Gasteiger partial charge in [-0.1, -0.05) is 6.07 Å². The number of aromatic nitrogens is 2. The second kappa shape index (κ2) is 8.88. The molecule has 0 unspecified atom stereocenters. The molecule has 12 heteroatoms. The van der Waals surface area contributed by atoms with Gasteiger partial charge < -0.3 is 15.1 Å². The summed E-state index contributed by atoms with van der Waals surface area (Å²) < 4.78 is 36.2. The van der Waals surface area contributed by atoms with Gasteiger partial charge in [0.15, 0.2) is 0 Å². The van der Waals surface area contributed by atoms with Crippen molar-refractivity contribution < 1.29 is 8.42 Å². The molecule has 3 heterocycles. The van der Waals surface area contributed by atoms with Crippen LogP contribution in [0, 0.1) is 0 Å². The van der Waals surface area contributed by atoms with Crippen molar-refractivity contribution in [1.82, 2.24) is 33.5 Å². The Morgan fingerprint density at radius 3 is 2.69 bits per heavy atom. The normalized spacial score (nSPS) is 19.8. The van der Waals surface area contributed by atoms with Crippen LogP contribution >= 0.6 is 11.7 Å². The lowest BCUT2D eigenvalue weighted by molar-refractivity contribution is 0.145. The van der Waals surface area contributed by atoms with Gasteiger partial charge >= 0.3 is 0 Å². The number of likely N-dealkylation sites (N-methyl/N-ethyl adjacent to an activating group) is 1. The maximum atomic E-state index is 12.7. The fraction of sp³-hybridized carbons (Fsp3) is 0.588. The van der Waals surface area contributed by atoms with E-state index in [0.717, 1.165) is 57.4 Å². The molecule has 0 atom stereocenters. The van der Waals surface area contributed by atoms with Gasteiger partial charge in [0.25, 0.3) is 10.0 Å². The first-order valence-electron chi connectivity index (χ1n) is 9.67. The molecule has 0 bridgehead atoms. The van der Waals surface area contributed by atoms with Crippen LogP contribution in [0.15, 0.2) is 28.1 Å². The van der Waals surface area contributed by atoms with Gasteiger partial charge in [-0.25, -0.2) is 18.1 Å². The van der Waals surface area contributed by atoms with Crippen molar-refractivity contribution in [2.75, 3.05) is 59.7 Å².